The van der Waals surface area contributed by atoms with Crippen molar-refractivity contribution in [3.63, 3.8) is 0 Å². The fourth-order valence-electron chi connectivity index (χ4n) is 2.71. The van der Waals surface area contributed by atoms with Crippen molar-refractivity contribution in [1.29, 1.82) is 0 Å². The fourth-order valence-corrected chi connectivity index (χ4v) is 3.99. The van der Waals surface area contributed by atoms with Crippen molar-refractivity contribution in [1.82, 2.24) is 24.4 Å². The Balaban J connectivity index is 1.37. The number of benzene rings is 2. The summed E-state index contributed by atoms with van der Waals surface area (Å²) in [7, 11) is 1.95. The molecule has 4 aromatic rings. The Kier molecular flexibility index (Phi) is 5.86. The number of aromatic nitrogens is 5. The van der Waals surface area contributed by atoms with Gasteiger partial charge in [-0.1, -0.05) is 52.0 Å². The van der Waals surface area contributed by atoms with Crippen LogP contribution in [0.5, 0.6) is 5.75 Å². The summed E-state index contributed by atoms with van der Waals surface area (Å²) >= 11 is 5.06. The molecule has 0 saturated carbocycles. The summed E-state index contributed by atoms with van der Waals surface area (Å²) in [5, 5.41) is 9.12. The second-order valence-electron chi connectivity index (χ2n) is 6.33. The molecule has 0 amide bonds. The van der Waals surface area contributed by atoms with Crippen molar-refractivity contribution in [2.24, 2.45) is 7.05 Å². The van der Waals surface area contributed by atoms with Gasteiger partial charge in [0.05, 0.1) is 0 Å². The van der Waals surface area contributed by atoms with E-state index in [2.05, 4.69) is 31.1 Å². The van der Waals surface area contributed by atoms with Crippen LogP contribution in [0, 0.1) is 0 Å². The Morgan fingerprint density at radius 3 is 2.62 bits per heavy atom. The maximum atomic E-state index is 6.21. The van der Waals surface area contributed by atoms with Gasteiger partial charge in [-0.2, -0.15) is 0 Å². The van der Waals surface area contributed by atoms with E-state index < -0.39 is 0 Å². The zero-order chi connectivity index (χ0) is 20.2. The Labute approximate surface area is 181 Å². The number of halogens is 1. The van der Waals surface area contributed by atoms with Crippen LogP contribution >= 0.6 is 27.7 Å². The van der Waals surface area contributed by atoms with Gasteiger partial charge < -0.3 is 15.1 Å². The highest BCUT2D eigenvalue weighted by Crippen LogP contribution is 2.29. The minimum atomic E-state index is 0.436. The van der Waals surface area contributed by atoms with E-state index in [1.807, 2.05) is 66.3 Å². The van der Waals surface area contributed by atoms with Crippen molar-refractivity contribution in [2.75, 3.05) is 5.84 Å². The number of nitrogens with two attached hydrogens (primary N) is 1. The quantitative estimate of drug-likeness (QED) is 0.324. The average Bonchev–Trinajstić information content (AvgIpc) is 3.31. The molecule has 0 atom stereocenters. The van der Waals surface area contributed by atoms with Gasteiger partial charge in [-0.05, 0) is 29.8 Å². The van der Waals surface area contributed by atoms with Crippen LogP contribution < -0.4 is 10.6 Å². The first-order valence-electron chi connectivity index (χ1n) is 8.88. The van der Waals surface area contributed by atoms with Gasteiger partial charge in [0.15, 0.2) is 5.82 Å². The number of nitrogen functional groups attached to an aromatic ring is 1. The predicted molar refractivity (Wildman–Crippen MR) is 117 cm³/mol. The molecular weight excluding hydrogens is 452 g/mol. The van der Waals surface area contributed by atoms with Crippen LogP contribution in [0.25, 0.3) is 11.4 Å². The van der Waals surface area contributed by atoms with E-state index in [9.17, 15) is 0 Å². The van der Waals surface area contributed by atoms with E-state index in [1.165, 1.54) is 16.4 Å². The molecule has 0 fully saturated rings. The van der Waals surface area contributed by atoms with E-state index >= 15 is 0 Å². The average molecular weight is 471 g/mol. The first-order chi connectivity index (χ1) is 14.1. The molecular formula is C20H19BrN6OS. The number of ether oxygens (including phenoxy) is 1. The first-order valence-corrected chi connectivity index (χ1v) is 10.7. The monoisotopic (exact) mass is 470 g/mol. The van der Waals surface area contributed by atoms with Crippen LogP contribution in [0.15, 0.2) is 70.6 Å². The summed E-state index contributed by atoms with van der Waals surface area (Å²) in [5.74, 6) is 9.25. The molecule has 29 heavy (non-hydrogen) atoms. The normalized spacial score (nSPS) is 11.0. The fraction of sp³-hybridized carbons (Fsp3) is 0.150. The van der Waals surface area contributed by atoms with Crippen LogP contribution in [0.2, 0.25) is 0 Å². The van der Waals surface area contributed by atoms with Gasteiger partial charge in [0.25, 0.3) is 0 Å². The zero-order valence-corrected chi connectivity index (χ0v) is 18.1. The standard InChI is InChI=1S/C20H19BrN6OS/c1-26-11-10-23-18(26)12-28-15-8-6-14(7-9-15)13-29-20-25-24-19(27(20)22)16-4-2-3-5-17(16)21/h2-11H,12-13,22H2,1H3. The minimum Gasteiger partial charge on any atom is -0.486 e. The summed E-state index contributed by atoms with van der Waals surface area (Å²) in [4.78, 5) is 4.25. The highest BCUT2D eigenvalue weighted by atomic mass is 79.9. The van der Waals surface area contributed by atoms with Crippen LogP contribution in [0.3, 0.4) is 0 Å². The van der Waals surface area contributed by atoms with Crippen LogP contribution in [0.1, 0.15) is 11.4 Å². The Morgan fingerprint density at radius 1 is 1.10 bits per heavy atom. The topological polar surface area (TPSA) is 83.8 Å². The molecule has 7 nitrogen and oxygen atoms in total. The van der Waals surface area contributed by atoms with E-state index in [0.29, 0.717) is 17.6 Å². The zero-order valence-electron chi connectivity index (χ0n) is 15.7. The number of hydrogen-bond acceptors (Lipinski definition) is 6. The summed E-state index contributed by atoms with van der Waals surface area (Å²) in [5.41, 5.74) is 2.05. The molecule has 4 rings (SSSR count). The molecule has 0 aliphatic rings. The van der Waals surface area contributed by atoms with Gasteiger partial charge in [-0.25, -0.2) is 9.66 Å². The van der Waals surface area contributed by atoms with Crippen molar-refractivity contribution in [3.05, 3.63) is 76.8 Å². The molecule has 0 radical (unpaired) electrons. The maximum absolute atomic E-state index is 6.21. The lowest BCUT2D eigenvalue weighted by atomic mass is 10.2. The third-order valence-electron chi connectivity index (χ3n) is 4.36. The first kappa shape index (κ1) is 19.5. The number of thioether (sulfide) groups is 1. The molecule has 2 N–H and O–H groups in total. The Bertz CT molecular complexity index is 1110. The summed E-state index contributed by atoms with van der Waals surface area (Å²) < 4.78 is 10.2. The van der Waals surface area contributed by atoms with Gasteiger partial charge in [-0.3, -0.25) is 0 Å². The highest BCUT2D eigenvalue weighted by Gasteiger charge is 2.14. The van der Waals surface area contributed by atoms with Crippen molar-refractivity contribution in [3.8, 4) is 17.1 Å². The third-order valence-corrected chi connectivity index (χ3v) is 6.07. The maximum Gasteiger partial charge on any atom is 0.210 e. The van der Waals surface area contributed by atoms with Crippen LogP contribution in [0.4, 0.5) is 0 Å². The van der Waals surface area contributed by atoms with Gasteiger partial charge in [0.2, 0.25) is 5.16 Å². The predicted octanol–water partition coefficient (Wildman–Crippen LogP) is 4.03. The molecule has 9 heteroatoms. The molecule has 148 valence electrons. The van der Waals surface area contributed by atoms with Gasteiger partial charge in [0.1, 0.15) is 18.2 Å². The largest absolute Gasteiger partial charge is 0.486 e. The number of aryl methyl sites for hydroxylation is 1. The van der Waals surface area contributed by atoms with Gasteiger partial charge >= 0.3 is 0 Å². The molecule has 2 aromatic heterocycles. The Hall–Kier alpha value is -2.78. The third kappa shape index (κ3) is 4.46. The van der Waals surface area contributed by atoms with Crippen molar-refractivity contribution in [2.45, 2.75) is 17.5 Å². The number of hydrogen-bond donors (Lipinski definition) is 1. The molecule has 2 aromatic carbocycles. The van der Waals surface area contributed by atoms with Gasteiger partial charge in [-0.15, -0.1) is 10.2 Å². The molecule has 0 spiro atoms. The second kappa shape index (κ2) is 8.71. The molecule has 0 aliphatic carbocycles. The van der Waals surface area contributed by atoms with Crippen molar-refractivity contribution < 1.29 is 4.74 Å². The lowest BCUT2D eigenvalue weighted by Crippen LogP contribution is -2.11. The lowest BCUT2D eigenvalue weighted by Gasteiger charge is -2.08. The minimum absolute atomic E-state index is 0.436. The summed E-state index contributed by atoms with van der Waals surface area (Å²) in [6.07, 6.45) is 3.66. The molecule has 0 saturated heterocycles. The summed E-state index contributed by atoms with van der Waals surface area (Å²) in [6.45, 7) is 0.436. The van der Waals surface area contributed by atoms with Crippen LogP contribution in [-0.4, -0.2) is 24.4 Å². The number of rotatable bonds is 7. The SMILES string of the molecule is Cn1ccnc1COc1ccc(CSc2nnc(-c3ccccc3Br)n2N)cc1. The summed E-state index contributed by atoms with van der Waals surface area (Å²) in [6, 6.07) is 15.8. The van der Waals surface area contributed by atoms with Crippen LogP contribution in [-0.2, 0) is 19.4 Å². The number of imidazole rings is 1. The van der Waals surface area contributed by atoms with E-state index in [-0.39, 0.29) is 0 Å². The second-order valence-corrected chi connectivity index (χ2v) is 8.13. The van der Waals surface area contributed by atoms with Crippen molar-refractivity contribution >= 4 is 27.7 Å². The number of nitrogens with zero attached hydrogens (tertiary/aromatic N) is 5. The molecule has 2 heterocycles. The molecule has 0 bridgehead atoms. The van der Waals surface area contributed by atoms with Gasteiger partial charge in [0, 0.05) is 35.2 Å². The Morgan fingerprint density at radius 2 is 1.90 bits per heavy atom. The van der Waals surface area contributed by atoms with E-state index in [1.54, 1.807) is 6.20 Å². The van der Waals surface area contributed by atoms with E-state index in [0.717, 1.165) is 32.9 Å². The lowest BCUT2D eigenvalue weighted by molar-refractivity contribution is 0.292. The smallest absolute Gasteiger partial charge is 0.210 e. The molecule has 0 aliphatic heterocycles. The molecule has 0 unspecified atom stereocenters. The highest BCUT2D eigenvalue weighted by molar-refractivity contribution is 9.10. The van der Waals surface area contributed by atoms with E-state index in [4.69, 9.17) is 10.6 Å².